The maximum atomic E-state index is 13.0. The first-order chi connectivity index (χ1) is 6.56. The highest BCUT2D eigenvalue weighted by molar-refractivity contribution is 14.1. The van der Waals surface area contributed by atoms with Crippen molar-refractivity contribution < 1.29 is 13.2 Å². The summed E-state index contributed by atoms with van der Waals surface area (Å²) in [4.78, 5) is 3.50. The van der Waals surface area contributed by atoms with Gasteiger partial charge in [0.05, 0.1) is 21.8 Å². The number of pyridine rings is 1. The van der Waals surface area contributed by atoms with Crippen LogP contribution in [0, 0.1) is 20.7 Å². The van der Waals surface area contributed by atoms with Crippen LogP contribution in [-0.4, -0.2) is 4.98 Å². The summed E-state index contributed by atoms with van der Waals surface area (Å²) in [5.74, 6) is -0.763. The van der Waals surface area contributed by atoms with Gasteiger partial charge >= 0.3 is 0 Å². The first-order valence-corrected chi connectivity index (χ1v) is 4.64. The number of hydrogen-bond acceptors (Lipinski definition) is 2. The van der Waals surface area contributed by atoms with Crippen molar-refractivity contribution in [2.75, 3.05) is 0 Å². The number of rotatable bonds is 2. The van der Waals surface area contributed by atoms with Crippen LogP contribution in [0.2, 0.25) is 0 Å². The highest BCUT2D eigenvalue weighted by Crippen LogP contribution is 2.25. The second-order valence-corrected chi connectivity index (χ2v) is 3.51. The van der Waals surface area contributed by atoms with Crippen molar-refractivity contribution in [2.24, 2.45) is 0 Å². The molecule has 14 heavy (non-hydrogen) atoms. The van der Waals surface area contributed by atoms with E-state index in [-0.39, 0.29) is 15.7 Å². The van der Waals surface area contributed by atoms with E-state index in [1.165, 1.54) is 22.6 Å². The van der Waals surface area contributed by atoms with Crippen molar-refractivity contribution in [3.05, 3.63) is 26.8 Å². The predicted octanol–water partition coefficient (Wildman–Crippen LogP) is 2.83. The lowest BCUT2D eigenvalue weighted by molar-refractivity contribution is 0.144. The Bertz CT molecular complexity index is 387. The molecule has 0 spiro atoms. The summed E-state index contributed by atoms with van der Waals surface area (Å²) in [6.45, 7) is 0. The summed E-state index contributed by atoms with van der Waals surface area (Å²) in [6, 6.07) is 2.72. The molecule has 1 rings (SSSR count). The number of alkyl halides is 2. The minimum atomic E-state index is -2.82. The molecule has 0 saturated heterocycles. The molecule has 0 N–H and O–H groups in total. The summed E-state index contributed by atoms with van der Waals surface area (Å²) in [6.07, 6.45) is -3.00. The van der Waals surface area contributed by atoms with Crippen molar-refractivity contribution in [1.82, 2.24) is 4.98 Å². The summed E-state index contributed by atoms with van der Waals surface area (Å²) >= 11 is 1.46. The smallest absolute Gasteiger partial charge is 0.249 e. The molecule has 1 aromatic rings. The Labute approximate surface area is 91.9 Å². The molecule has 0 amide bonds. The standard InChI is InChI=1S/C8H4F3IN2/c9-5-3-4(1-2-13)14-7(6(5)12)8(10)11/h3,8H,1H2. The Morgan fingerprint density at radius 2 is 2.21 bits per heavy atom. The molecule has 0 aliphatic rings. The highest BCUT2D eigenvalue weighted by Gasteiger charge is 2.18. The van der Waals surface area contributed by atoms with E-state index < -0.39 is 17.9 Å². The summed E-state index contributed by atoms with van der Waals surface area (Å²) in [5.41, 5.74) is -0.573. The molecule has 1 aromatic heterocycles. The van der Waals surface area contributed by atoms with Crippen LogP contribution in [-0.2, 0) is 6.42 Å². The maximum Gasteiger partial charge on any atom is 0.281 e. The van der Waals surface area contributed by atoms with Gasteiger partial charge in [0.15, 0.2) is 0 Å². The molecule has 0 saturated carbocycles. The number of halogens is 4. The van der Waals surface area contributed by atoms with Crippen molar-refractivity contribution in [1.29, 1.82) is 5.26 Å². The lowest BCUT2D eigenvalue weighted by atomic mass is 10.2. The number of hydrogen-bond donors (Lipinski definition) is 0. The van der Waals surface area contributed by atoms with E-state index in [1.807, 2.05) is 0 Å². The van der Waals surface area contributed by atoms with E-state index >= 15 is 0 Å². The van der Waals surface area contributed by atoms with Crippen molar-refractivity contribution >= 4 is 22.6 Å². The fourth-order valence-electron chi connectivity index (χ4n) is 0.884. The molecular weight excluding hydrogens is 308 g/mol. The van der Waals surface area contributed by atoms with Crippen molar-refractivity contribution in [2.45, 2.75) is 12.8 Å². The summed E-state index contributed by atoms with van der Waals surface area (Å²) in [5, 5.41) is 8.31. The quantitative estimate of drug-likeness (QED) is 0.788. The molecule has 0 unspecified atom stereocenters. The van der Waals surface area contributed by atoms with Crippen LogP contribution in [0.1, 0.15) is 17.8 Å². The largest absolute Gasteiger partial charge is 0.281 e. The molecule has 2 nitrogen and oxygen atoms in total. The zero-order valence-electron chi connectivity index (χ0n) is 6.77. The van der Waals surface area contributed by atoms with Crippen LogP contribution in [0.25, 0.3) is 0 Å². The normalized spacial score (nSPS) is 10.3. The first kappa shape index (κ1) is 11.2. The summed E-state index contributed by atoms with van der Waals surface area (Å²) < 4.78 is 37.5. The molecule has 0 aromatic carbocycles. The zero-order valence-corrected chi connectivity index (χ0v) is 8.93. The Morgan fingerprint density at radius 3 is 2.71 bits per heavy atom. The number of aromatic nitrogens is 1. The molecule has 0 atom stereocenters. The molecule has 0 fully saturated rings. The van der Waals surface area contributed by atoms with Crippen LogP contribution in [0.5, 0.6) is 0 Å². The van der Waals surface area contributed by atoms with E-state index in [1.54, 1.807) is 6.07 Å². The Kier molecular flexibility index (Phi) is 3.69. The molecule has 1 heterocycles. The lowest BCUT2D eigenvalue weighted by Gasteiger charge is -2.05. The van der Waals surface area contributed by atoms with E-state index in [0.29, 0.717) is 0 Å². The second-order valence-electron chi connectivity index (χ2n) is 2.43. The number of nitrogens with zero attached hydrogens (tertiary/aromatic N) is 2. The Hall–Kier alpha value is -0.840. The topological polar surface area (TPSA) is 36.7 Å². The van der Waals surface area contributed by atoms with Crippen LogP contribution in [0.15, 0.2) is 6.07 Å². The molecule has 0 aliphatic carbocycles. The molecule has 74 valence electrons. The fourth-order valence-corrected chi connectivity index (χ4v) is 1.40. The molecule has 0 radical (unpaired) electrons. The first-order valence-electron chi connectivity index (χ1n) is 3.56. The van der Waals surface area contributed by atoms with Crippen molar-refractivity contribution in [3.63, 3.8) is 0 Å². The van der Waals surface area contributed by atoms with Crippen LogP contribution >= 0.6 is 22.6 Å². The van der Waals surface area contributed by atoms with Gasteiger partial charge in [-0.25, -0.2) is 18.2 Å². The third-order valence-corrected chi connectivity index (χ3v) is 2.53. The summed E-state index contributed by atoms with van der Waals surface area (Å²) in [7, 11) is 0. The molecular formula is C8H4F3IN2. The van der Waals surface area contributed by atoms with Crippen LogP contribution in [0.3, 0.4) is 0 Å². The van der Waals surface area contributed by atoms with E-state index in [9.17, 15) is 13.2 Å². The van der Waals surface area contributed by atoms with Gasteiger partial charge in [0.2, 0.25) is 0 Å². The molecule has 0 bridgehead atoms. The van der Waals surface area contributed by atoms with Crippen LogP contribution < -0.4 is 0 Å². The van der Waals surface area contributed by atoms with E-state index in [4.69, 9.17) is 5.26 Å². The lowest BCUT2D eigenvalue weighted by Crippen LogP contribution is -2.02. The van der Waals surface area contributed by atoms with Gasteiger partial charge in [-0.05, 0) is 28.7 Å². The minimum absolute atomic E-state index is 0.0284. The Morgan fingerprint density at radius 1 is 1.57 bits per heavy atom. The second kappa shape index (κ2) is 4.59. The van der Waals surface area contributed by atoms with Crippen LogP contribution in [0.4, 0.5) is 13.2 Å². The van der Waals surface area contributed by atoms with E-state index in [0.717, 1.165) is 6.07 Å². The monoisotopic (exact) mass is 312 g/mol. The molecule has 0 aliphatic heterocycles. The zero-order chi connectivity index (χ0) is 10.7. The van der Waals surface area contributed by atoms with Crippen molar-refractivity contribution in [3.8, 4) is 6.07 Å². The average Bonchev–Trinajstić information content (AvgIpc) is 2.11. The maximum absolute atomic E-state index is 13.0. The van der Waals surface area contributed by atoms with Gasteiger partial charge in [0, 0.05) is 0 Å². The van der Waals surface area contributed by atoms with Gasteiger partial charge in [0.1, 0.15) is 11.5 Å². The molecule has 6 heteroatoms. The highest BCUT2D eigenvalue weighted by atomic mass is 127. The number of nitriles is 1. The van der Waals surface area contributed by atoms with Gasteiger partial charge < -0.3 is 0 Å². The van der Waals surface area contributed by atoms with Gasteiger partial charge in [0.25, 0.3) is 6.43 Å². The van der Waals surface area contributed by atoms with Gasteiger partial charge in [-0.2, -0.15) is 5.26 Å². The van der Waals surface area contributed by atoms with E-state index in [2.05, 4.69) is 4.98 Å². The SMILES string of the molecule is N#CCc1cc(F)c(I)c(C(F)F)n1. The average molecular weight is 312 g/mol. The predicted molar refractivity (Wildman–Crippen MR) is 51.2 cm³/mol. The fraction of sp³-hybridized carbons (Fsp3) is 0.250. The van der Waals surface area contributed by atoms with Gasteiger partial charge in [-0.3, -0.25) is 0 Å². The van der Waals surface area contributed by atoms with Gasteiger partial charge in [-0.15, -0.1) is 0 Å². The minimum Gasteiger partial charge on any atom is -0.249 e. The third-order valence-electron chi connectivity index (χ3n) is 1.46. The Balaban J connectivity index is 3.22. The van der Waals surface area contributed by atoms with Gasteiger partial charge in [-0.1, -0.05) is 0 Å². The third kappa shape index (κ3) is 2.35.